The molecule has 2 aromatic rings. The monoisotopic (exact) mass is 369 g/mol. The lowest BCUT2D eigenvalue weighted by Crippen LogP contribution is -2.24. The molecule has 24 heavy (non-hydrogen) atoms. The molecule has 0 aliphatic carbocycles. The maximum atomic E-state index is 12.3. The van der Waals surface area contributed by atoms with Crippen molar-refractivity contribution in [3.05, 3.63) is 30.6 Å². The van der Waals surface area contributed by atoms with Crippen molar-refractivity contribution in [1.29, 1.82) is 0 Å². The van der Waals surface area contributed by atoms with E-state index in [2.05, 4.69) is 15.5 Å². The van der Waals surface area contributed by atoms with Gasteiger partial charge in [-0.15, -0.1) is 10.2 Å². The summed E-state index contributed by atoms with van der Waals surface area (Å²) in [5.74, 6) is -0.248. The van der Waals surface area contributed by atoms with E-state index in [-0.39, 0.29) is 10.8 Å². The van der Waals surface area contributed by atoms with Gasteiger partial charge in [-0.2, -0.15) is 0 Å². The summed E-state index contributed by atoms with van der Waals surface area (Å²) < 4.78 is 27.1. The fourth-order valence-electron chi connectivity index (χ4n) is 1.78. The predicted molar refractivity (Wildman–Crippen MR) is 92.3 cm³/mol. The molecule has 8 nitrogen and oxygen atoms in total. The van der Waals surface area contributed by atoms with Crippen LogP contribution in [0.15, 0.2) is 40.6 Å². The van der Waals surface area contributed by atoms with Gasteiger partial charge in [-0.25, -0.2) is 12.7 Å². The number of benzene rings is 1. The van der Waals surface area contributed by atoms with Crippen LogP contribution in [0, 0.1) is 0 Å². The molecule has 0 radical (unpaired) electrons. The lowest BCUT2D eigenvalue weighted by atomic mass is 10.3. The van der Waals surface area contributed by atoms with E-state index in [1.54, 1.807) is 37.0 Å². The highest BCUT2D eigenvalue weighted by Gasteiger charge is 2.20. The molecule has 0 spiro atoms. The first-order valence-corrected chi connectivity index (χ1v) is 9.38. The number of anilines is 1. The Labute approximate surface area is 145 Å². The third kappa shape index (κ3) is 4.13. The molecule has 10 heteroatoms. The van der Waals surface area contributed by atoms with E-state index < -0.39 is 15.3 Å². The van der Waals surface area contributed by atoms with Gasteiger partial charge in [-0.1, -0.05) is 17.8 Å². The van der Waals surface area contributed by atoms with Crippen LogP contribution in [0.3, 0.4) is 0 Å². The van der Waals surface area contributed by atoms with E-state index in [9.17, 15) is 13.2 Å². The maximum absolute atomic E-state index is 12.3. The van der Waals surface area contributed by atoms with E-state index in [0.717, 1.165) is 4.31 Å². The summed E-state index contributed by atoms with van der Waals surface area (Å²) in [6.07, 6.45) is 1.56. The van der Waals surface area contributed by atoms with Crippen LogP contribution in [-0.4, -0.2) is 52.7 Å². The van der Waals surface area contributed by atoms with Gasteiger partial charge < -0.3 is 9.88 Å². The SMILES string of the molecule is C[C@H](Sc1nncn1C)C(=O)Nc1cccc(S(=O)(=O)N(C)C)c1. The molecule has 1 amide bonds. The van der Waals surface area contributed by atoms with Crippen LogP contribution in [-0.2, 0) is 21.9 Å². The number of hydrogen-bond acceptors (Lipinski definition) is 6. The Hall–Kier alpha value is -1.91. The molecule has 1 atom stereocenters. The van der Waals surface area contributed by atoms with E-state index >= 15 is 0 Å². The minimum absolute atomic E-state index is 0.124. The van der Waals surface area contributed by atoms with Gasteiger partial charge in [0.15, 0.2) is 5.16 Å². The minimum atomic E-state index is -3.55. The third-order valence-corrected chi connectivity index (χ3v) is 6.16. The zero-order chi connectivity index (χ0) is 17.9. The van der Waals surface area contributed by atoms with Crippen LogP contribution >= 0.6 is 11.8 Å². The van der Waals surface area contributed by atoms with Gasteiger partial charge in [0, 0.05) is 26.8 Å². The Morgan fingerprint density at radius 1 is 1.38 bits per heavy atom. The summed E-state index contributed by atoms with van der Waals surface area (Å²) in [4.78, 5) is 12.4. The van der Waals surface area contributed by atoms with Crippen molar-refractivity contribution in [2.75, 3.05) is 19.4 Å². The average molecular weight is 369 g/mol. The number of hydrogen-bond donors (Lipinski definition) is 1. The van der Waals surface area contributed by atoms with E-state index in [0.29, 0.717) is 10.8 Å². The van der Waals surface area contributed by atoms with Gasteiger partial charge in [0.2, 0.25) is 15.9 Å². The average Bonchev–Trinajstić information content (AvgIpc) is 2.92. The fourth-order valence-corrected chi connectivity index (χ4v) is 3.52. The Balaban J connectivity index is 2.11. The Kier molecular flexibility index (Phi) is 5.62. The van der Waals surface area contributed by atoms with Crippen molar-refractivity contribution in [2.24, 2.45) is 7.05 Å². The predicted octanol–water partition coefficient (Wildman–Crippen LogP) is 1.18. The van der Waals surface area contributed by atoms with Crippen LogP contribution in [0.5, 0.6) is 0 Å². The van der Waals surface area contributed by atoms with Gasteiger partial charge >= 0.3 is 0 Å². The number of thioether (sulfide) groups is 1. The van der Waals surface area contributed by atoms with E-state index in [1.807, 2.05) is 0 Å². The number of amides is 1. The summed E-state index contributed by atoms with van der Waals surface area (Å²) in [5.41, 5.74) is 0.424. The lowest BCUT2D eigenvalue weighted by Gasteiger charge is -2.14. The number of carbonyl (C=O) groups excluding carboxylic acids is 1. The molecule has 2 rings (SSSR count). The second-order valence-electron chi connectivity index (χ2n) is 5.29. The van der Waals surface area contributed by atoms with Crippen molar-refractivity contribution in [2.45, 2.75) is 22.2 Å². The second kappa shape index (κ2) is 7.32. The molecular weight excluding hydrogens is 350 g/mol. The third-order valence-electron chi connectivity index (χ3n) is 3.20. The van der Waals surface area contributed by atoms with Crippen molar-refractivity contribution in [3.63, 3.8) is 0 Å². The molecule has 0 bridgehead atoms. The summed E-state index contributed by atoms with van der Waals surface area (Å²) in [6.45, 7) is 1.75. The van der Waals surface area contributed by atoms with Crippen LogP contribution in [0.25, 0.3) is 0 Å². The molecule has 0 saturated carbocycles. The normalized spacial score (nSPS) is 13.0. The van der Waals surface area contributed by atoms with E-state index in [1.165, 1.54) is 38.0 Å². The molecule has 1 N–H and O–H groups in total. The molecule has 0 aliphatic rings. The van der Waals surface area contributed by atoms with Gasteiger partial charge in [-0.05, 0) is 25.1 Å². The zero-order valence-corrected chi connectivity index (χ0v) is 15.4. The number of aromatic nitrogens is 3. The number of sulfonamides is 1. The largest absolute Gasteiger partial charge is 0.325 e. The summed E-state index contributed by atoms with van der Waals surface area (Å²) in [7, 11) is 1.16. The maximum Gasteiger partial charge on any atom is 0.242 e. The lowest BCUT2D eigenvalue weighted by molar-refractivity contribution is -0.115. The number of rotatable bonds is 6. The molecule has 0 aliphatic heterocycles. The highest BCUT2D eigenvalue weighted by Crippen LogP contribution is 2.22. The quantitative estimate of drug-likeness (QED) is 0.768. The molecular formula is C14H19N5O3S2. The van der Waals surface area contributed by atoms with Gasteiger partial charge in [0.25, 0.3) is 0 Å². The Morgan fingerprint density at radius 3 is 2.67 bits per heavy atom. The fraction of sp³-hybridized carbons (Fsp3) is 0.357. The first-order chi connectivity index (χ1) is 11.2. The number of carbonyl (C=O) groups is 1. The molecule has 0 saturated heterocycles. The van der Waals surface area contributed by atoms with Gasteiger partial charge in [0.1, 0.15) is 6.33 Å². The molecule has 1 heterocycles. The highest BCUT2D eigenvalue weighted by molar-refractivity contribution is 8.00. The topological polar surface area (TPSA) is 97.2 Å². The molecule has 0 unspecified atom stereocenters. The summed E-state index contributed by atoms with van der Waals surface area (Å²) in [5, 5.41) is 10.6. The number of aryl methyl sites for hydroxylation is 1. The smallest absolute Gasteiger partial charge is 0.242 e. The number of nitrogens with zero attached hydrogens (tertiary/aromatic N) is 4. The van der Waals surface area contributed by atoms with Gasteiger partial charge in [-0.3, -0.25) is 4.79 Å². The minimum Gasteiger partial charge on any atom is -0.325 e. The van der Waals surface area contributed by atoms with Crippen LogP contribution in [0.4, 0.5) is 5.69 Å². The zero-order valence-electron chi connectivity index (χ0n) is 13.8. The van der Waals surface area contributed by atoms with E-state index in [4.69, 9.17) is 0 Å². The molecule has 130 valence electrons. The van der Waals surface area contributed by atoms with Crippen molar-refractivity contribution < 1.29 is 13.2 Å². The van der Waals surface area contributed by atoms with Crippen LogP contribution in [0.2, 0.25) is 0 Å². The summed E-state index contributed by atoms with van der Waals surface area (Å²) in [6, 6.07) is 6.16. The van der Waals surface area contributed by atoms with Gasteiger partial charge in [0.05, 0.1) is 10.1 Å². The van der Waals surface area contributed by atoms with Crippen LogP contribution < -0.4 is 5.32 Å². The highest BCUT2D eigenvalue weighted by atomic mass is 32.2. The van der Waals surface area contributed by atoms with Crippen molar-refractivity contribution >= 4 is 33.4 Å². The first-order valence-electron chi connectivity index (χ1n) is 7.06. The molecule has 1 aromatic heterocycles. The first kappa shape index (κ1) is 18.4. The van der Waals surface area contributed by atoms with Crippen molar-refractivity contribution in [1.82, 2.24) is 19.1 Å². The Morgan fingerprint density at radius 2 is 2.08 bits per heavy atom. The van der Waals surface area contributed by atoms with Crippen LogP contribution in [0.1, 0.15) is 6.92 Å². The number of nitrogens with one attached hydrogen (secondary N) is 1. The summed E-state index contributed by atoms with van der Waals surface area (Å²) >= 11 is 1.27. The van der Waals surface area contributed by atoms with Crippen molar-refractivity contribution in [3.8, 4) is 0 Å². The second-order valence-corrected chi connectivity index (χ2v) is 8.75. The Bertz CT molecular complexity index is 832. The molecule has 0 fully saturated rings. The molecule has 1 aromatic carbocycles. The standard InChI is InChI=1S/C14H19N5O3S2/c1-10(23-14-17-15-9-19(14)4)13(20)16-11-6-5-7-12(8-11)24(21,22)18(2)3/h5-10H,1-4H3,(H,16,20)/t10-/m0/s1.